The van der Waals surface area contributed by atoms with Gasteiger partial charge < -0.3 is 20.1 Å². The van der Waals surface area contributed by atoms with Gasteiger partial charge in [-0.2, -0.15) is 0 Å². The van der Waals surface area contributed by atoms with Gasteiger partial charge in [-0.1, -0.05) is 18.2 Å². The summed E-state index contributed by atoms with van der Waals surface area (Å²) in [6.07, 6.45) is 1.62. The van der Waals surface area contributed by atoms with Crippen LogP contribution in [0.15, 0.2) is 60.8 Å². The molecule has 2 heterocycles. The minimum atomic E-state index is -0.164. The first kappa shape index (κ1) is 16.9. The summed E-state index contributed by atoms with van der Waals surface area (Å²) in [7, 11) is 0. The van der Waals surface area contributed by atoms with Crippen LogP contribution in [0.2, 0.25) is 0 Å². The Morgan fingerprint density at radius 1 is 1.07 bits per heavy atom. The van der Waals surface area contributed by atoms with E-state index in [4.69, 9.17) is 9.47 Å². The molecule has 0 unspecified atom stereocenters. The summed E-state index contributed by atoms with van der Waals surface area (Å²) in [5.74, 6) is 1.89. The Morgan fingerprint density at radius 2 is 1.96 bits per heavy atom. The van der Waals surface area contributed by atoms with Crippen molar-refractivity contribution in [2.45, 2.75) is 13.5 Å². The van der Waals surface area contributed by atoms with Gasteiger partial charge in [0.05, 0.1) is 0 Å². The zero-order valence-corrected chi connectivity index (χ0v) is 14.9. The molecule has 1 amide bonds. The smallest absolute Gasteiger partial charge is 0.251 e. The fraction of sp³-hybridized carbons (Fsp3) is 0.143. The van der Waals surface area contributed by atoms with Gasteiger partial charge in [-0.15, -0.1) is 0 Å². The second kappa shape index (κ2) is 7.37. The molecular formula is C21H19N3O3. The molecule has 0 fully saturated rings. The fourth-order valence-electron chi connectivity index (χ4n) is 2.85. The number of hydrogen-bond donors (Lipinski definition) is 2. The van der Waals surface area contributed by atoms with Crippen LogP contribution in [-0.4, -0.2) is 17.7 Å². The molecule has 0 saturated heterocycles. The Balaban J connectivity index is 1.41. The Labute approximate surface area is 157 Å². The first-order valence-corrected chi connectivity index (χ1v) is 8.64. The molecule has 0 radical (unpaired) electrons. The van der Waals surface area contributed by atoms with Crippen LogP contribution >= 0.6 is 0 Å². The van der Waals surface area contributed by atoms with E-state index in [1.165, 1.54) is 0 Å². The lowest BCUT2D eigenvalue weighted by Crippen LogP contribution is -2.22. The fourth-order valence-corrected chi connectivity index (χ4v) is 2.85. The highest BCUT2D eigenvalue weighted by molar-refractivity contribution is 5.94. The van der Waals surface area contributed by atoms with Gasteiger partial charge >= 0.3 is 0 Å². The third-order valence-corrected chi connectivity index (χ3v) is 4.20. The maximum Gasteiger partial charge on any atom is 0.251 e. The summed E-state index contributed by atoms with van der Waals surface area (Å²) >= 11 is 0. The van der Waals surface area contributed by atoms with Crippen molar-refractivity contribution in [2.75, 3.05) is 12.1 Å². The van der Waals surface area contributed by atoms with Crippen molar-refractivity contribution in [1.82, 2.24) is 10.3 Å². The number of carbonyl (C=O) groups excluding carboxylic acids is 1. The van der Waals surface area contributed by atoms with Crippen LogP contribution in [0.5, 0.6) is 11.5 Å². The van der Waals surface area contributed by atoms with Crippen molar-refractivity contribution in [2.24, 2.45) is 0 Å². The van der Waals surface area contributed by atoms with Crippen molar-refractivity contribution in [3.8, 4) is 11.5 Å². The summed E-state index contributed by atoms with van der Waals surface area (Å²) in [6.45, 7) is 2.66. The number of rotatable bonds is 5. The van der Waals surface area contributed by atoms with E-state index in [1.54, 1.807) is 18.3 Å². The van der Waals surface area contributed by atoms with E-state index >= 15 is 0 Å². The number of aryl methyl sites for hydroxylation is 1. The van der Waals surface area contributed by atoms with Crippen LogP contribution in [0.1, 0.15) is 21.5 Å². The largest absolute Gasteiger partial charge is 0.454 e. The number of ether oxygens (including phenoxy) is 2. The number of carbonyl (C=O) groups is 1. The minimum Gasteiger partial charge on any atom is -0.454 e. The SMILES string of the molecule is Cc1cccc(Nc2cc(C(=O)NCc3ccc4c(c3)OCO4)ccn2)c1. The Morgan fingerprint density at radius 3 is 2.85 bits per heavy atom. The molecule has 136 valence electrons. The molecule has 1 aliphatic heterocycles. The lowest BCUT2D eigenvalue weighted by Gasteiger charge is -2.09. The number of nitrogens with one attached hydrogen (secondary N) is 2. The average Bonchev–Trinajstić information content (AvgIpc) is 3.14. The molecule has 0 bridgehead atoms. The van der Waals surface area contributed by atoms with Gasteiger partial charge in [0, 0.05) is 24.0 Å². The number of hydrogen-bond acceptors (Lipinski definition) is 5. The summed E-state index contributed by atoms with van der Waals surface area (Å²) in [5, 5.41) is 6.14. The predicted molar refractivity (Wildman–Crippen MR) is 102 cm³/mol. The van der Waals surface area contributed by atoms with Gasteiger partial charge in [0.2, 0.25) is 6.79 Å². The second-order valence-electron chi connectivity index (χ2n) is 6.29. The van der Waals surface area contributed by atoms with Gasteiger partial charge in [-0.05, 0) is 54.4 Å². The van der Waals surface area contributed by atoms with E-state index in [9.17, 15) is 4.79 Å². The van der Waals surface area contributed by atoms with E-state index in [0.717, 1.165) is 22.6 Å². The van der Waals surface area contributed by atoms with E-state index in [0.29, 0.717) is 23.7 Å². The zero-order valence-electron chi connectivity index (χ0n) is 14.9. The van der Waals surface area contributed by atoms with Gasteiger partial charge in [-0.25, -0.2) is 4.98 Å². The van der Waals surface area contributed by atoms with Crippen molar-refractivity contribution in [3.05, 3.63) is 77.5 Å². The number of fused-ring (bicyclic) bond motifs is 1. The van der Waals surface area contributed by atoms with Gasteiger partial charge in [0.15, 0.2) is 11.5 Å². The third-order valence-electron chi connectivity index (χ3n) is 4.20. The van der Waals surface area contributed by atoms with Gasteiger partial charge in [0.1, 0.15) is 5.82 Å². The second-order valence-corrected chi connectivity index (χ2v) is 6.29. The lowest BCUT2D eigenvalue weighted by atomic mass is 10.2. The number of nitrogens with zero attached hydrogens (tertiary/aromatic N) is 1. The number of aromatic nitrogens is 1. The molecule has 1 aromatic heterocycles. The van der Waals surface area contributed by atoms with E-state index in [1.807, 2.05) is 49.4 Å². The van der Waals surface area contributed by atoms with Gasteiger partial charge in [-0.3, -0.25) is 4.79 Å². The van der Waals surface area contributed by atoms with Crippen LogP contribution in [0.25, 0.3) is 0 Å². The Bertz CT molecular complexity index is 988. The molecule has 0 saturated carbocycles. The van der Waals surface area contributed by atoms with Crippen LogP contribution in [0, 0.1) is 6.92 Å². The van der Waals surface area contributed by atoms with E-state index < -0.39 is 0 Å². The molecule has 4 rings (SSSR count). The van der Waals surface area contributed by atoms with Crippen molar-refractivity contribution >= 4 is 17.4 Å². The van der Waals surface area contributed by atoms with Crippen LogP contribution < -0.4 is 20.1 Å². The molecule has 6 heteroatoms. The quantitative estimate of drug-likeness (QED) is 0.723. The highest BCUT2D eigenvalue weighted by Gasteiger charge is 2.14. The van der Waals surface area contributed by atoms with Crippen LogP contribution in [0.3, 0.4) is 0 Å². The highest BCUT2D eigenvalue weighted by atomic mass is 16.7. The number of pyridine rings is 1. The van der Waals surface area contributed by atoms with Gasteiger partial charge in [0.25, 0.3) is 5.91 Å². The molecule has 2 N–H and O–H groups in total. The topological polar surface area (TPSA) is 72.5 Å². The lowest BCUT2D eigenvalue weighted by molar-refractivity contribution is 0.0950. The first-order valence-electron chi connectivity index (χ1n) is 8.64. The predicted octanol–water partition coefficient (Wildman–Crippen LogP) is 3.79. The molecule has 0 atom stereocenters. The molecule has 0 aliphatic carbocycles. The van der Waals surface area contributed by atoms with Crippen LogP contribution in [0.4, 0.5) is 11.5 Å². The molecule has 6 nitrogen and oxygen atoms in total. The van der Waals surface area contributed by atoms with E-state index in [2.05, 4.69) is 15.6 Å². The maximum absolute atomic E-state index is 12.5. The summed E-state index contributed by atoms with van der Waals surface area (Å²) in [4.78, 5) is 16.8. The number of amides is 1. The third kappa shape index (κ3) is 4.00. The molecule has 27 heavy (non-hydrogen) atoms. The van der Waals surface area contributed by atoms with Crippen LogP contribution in [-0.2, 0) is 6.54 Å². The number of benzene rings is 2. The van der Waals surface area contributed by atoms with E-state index in [-0.39, 0.29) is 12.7 Å². The highest BCUT2D eigenvalue weighted by Crippen LogP contribution is 2.32. The van der Waals surface area contributed by atoms with Crippen molar-refractivity contribution < 1.29 is 14.3 Å². The normalized spacial score (nSPS) is 11.9. The molecule has 1 aliphatic rings. The monoisotopic (exact) mass is 361 g/mol. The van der Waals surface area contributed by atoms with Crippen molar-refractivity contribution in [1.29, 1.82) is 0 Å². The molecule has 2 aromatic carbocycles. The first-order chi connectivity index (χ1) is 13.2. The summed E-state index contributed by atoms with van der Waals surface area (Å²) in [5.41, 5.74) is 3.57. The summed E-state index contributed by atoms with van der Waals surface area (Å²) < 4.78 is 10.7. The Hall–Kier alpha value is -3.54. The zero-order chi connectivity index (χ0) is 18.6. The summed E-state index contributed by atoms with van der Waals surface area (Å²) in [6, 6.07) is 17.0. The molecular weight excluding hydrogens is 342 g/mol. The van der Waals surface area contributed by atoms with Crippen molar-refractivity contribution in [3.63, 3.8) is 0 Å². The minimum absolute atomic E-state index is 0.164. The average molecular weight is 361 g/mol. The Kier molecular flexibility index (Phi) is 4.61. The standard InChI is InChI=1S/C21H19N3O3/c1-14-3-2-4-17(9-14)24-20-11-16(7-8-22-20)21(25)23-12-15-5-6-18-19(10-15)27-13-26-18/h2-11H,12-13H2,1H3,(H,22,24)(H,23,25). The number of anilines is 2. The molecule has 0 spiro atoms. The maximum atomic E-state index is 12.5. The molecule has 3 aromatic rings.